The fourth-order valence-corrected chi connectivity index (χ4v) is 4.20. The van der Waals surface area contributed by atoms with Gasteiger partial charge in [-0.25, -0.2) is 14.2 Å². The van der Waals surface area contributed by atoms with Gasteiger partial charge in [0.1, 0.15) is 17.1 Å². The van der Waals surface area contributed by atoms with Crippen molar-refractivity contribution < 1.29 is 23.4 Å². The van der Waals surface area contributed by atoms with Gasteiger partial charge in [0.25, 0.3) is 5.56 Å². The zero-order valence-electron chi connectivity index (χ0n) is 17.1. The average Bonchev–Trinajstić information content (AvgIpc) is 3.39. The lowest BCUT2D eigenvalue weighted by molar-refractivity contribution is 0.0687. The van der Waals surface area contributed by atoms with E-state index in [0.29, 0.717) is 10.9 Å². The number of aromatic amines is 1. The van der Waals surface area contributed by atoms with E-state index in [9.17, 15) is 19.1 Å². The molecule has 0 aliphatic carbocycles. The maximum Gasteiger partial charge on any atom is 0.353 e. The number of methoxy groups -OCH3 is 1. The molecule has 0 unspecified atom stereocenters. The molecule has 166 valence electrons. The molecule has 4 aromatic heterocycles. The van der Waals surface area contributed by atoms with Crippen molar-refractivity contribution in [3.63, 3.8) is 0 Å². The van der Waals surface area contributed by atoms with E-state index in [1.807, 2.05) is 0 Å². The Hall–Kier alpha value is -4.11. The summed E-state index contributed by atoms with van der Waals surface area (Å²) in [4.78, 5) is 31.8. The number of benzene rings is 1. The SMILES string of the molecule is COc1cc(Cn2c(C(=O)O)c(-c3ccc[nH]c3=O)c3c4occc4c(F)cc32)c(Cl)cn1. The summed E-state index contributed by atoms with van der Waals surface area (Å²) in [5.74, 6) is -1.61. The van der Waals surface area contributed by atoms with Gasteiger partial charge in [-0.05, 0) is 29.8 Å². The van der Waals surface area contributed by atoms with Gasteiger partial charge < -0.3 is 23.8 Å². The lowest BCUT2D eigenvalue weighted by atomic mass is 10.0. The van der Waals surface area contributed by atoms with Gasteiger partial charge >= 0.3 is 5.97 Å². The van der Waals surface area contributed by atoms with Crippen LogP contribution in [0.5, 0.6) is 5.88 Å². The van der Waals surface area contributed by atoms with Crippen molar-refractivity contribution in [2.75, 3.05) is 7.11 Å². The van der Waals surface area contributed by atoms with Gasteiger partial charge in [-0.15, -0.1) is 0 Å². The van der Waals surface area contributed by atoms with E-state index in [0.717, 1.165) is 0 Å². The molecule has 0 fully saturated rings. The van der Waals surface area contributed by atoms with Gasteiger partial charge in [0, 0.05) is 24.0 Å². The number of H-pyrrole nitrogens is 1. The van der Waals surface area contributed by atoms with Crippen LogP contribution in [0.15, 0.2) is 58.2 Å². The Morgan fingerprint density at radius 3 is 2.91 bits per heavy atom. The first kappa shape index (κ1) is 20.8. The van der Waals surface area contributed by atoms with Crippen LogP contribution < -0.4 is 10.3 Å². The lowest BCUT2D eigenvalue weighted by Crippen LogP contribution is -2.14. The number of aromatic nitrogens is 3. The minimum Gasteiger partial charge on any atom is -0.481 e. The molecule has 2 N–H and O–H groups in total. The van der Waals surface area contributed by atoms with E-state index in [2.05, 4.69) is 9.97 Å². The number of nitrogens with one attached hydrogen (secondary N) is 1. The normalized spacial score (nSPS) is 11.4. The smallest absolute Gasteiger partial charge is 0.353 e. The zero-order chi connectivity index (χ0) is 23.3. The number of ether oxygens (including phenoxy) is 1. The van der Waals surface area contributed by atoms with E-state index >= 15 is 0 Å². The molecule has 8 nitrogen and oxygen atoms in total. The molecule has 10 heteroatoms. The van der Waals surface area contributed by atoms with E-state index in [4.69, 9.17) is 20.8 Å². The molecule has 4 heterocycles. The van der Waals surface area contributed by atoms with Crippen LogP contribution in [0.2, 0.25) is 5.02 Å². The summed E-state index contributed by atoms with van der Waals surface area (Å²) in [6, 6.07) is 7.33. The van der Waals surface area contributed by atoms with Crippen molar-refractivity contribution in [1.29, 1.82) is 0 Å². The van der Waals surface area contributed by atoms with Crippen LogP contribution in [0.4, 0.5) is 4.39 Å². The van der Waals surface area contributed by atoms with Crippen LogP contribution in [-0.2, 0) is 6.54 Å². The first-order valence-corrected chi connectivity index (χ1v) is 10.1. The summed E-state index contributed by atoms with van der Waals surface area (Å²) in [5.41, 5.74) is 0.401. The van der Waals surface area contributed by atoms with Gasteiger partial charge in [-0.2, -0.15) is 0 Å². The molecule has 0 saturated carbocycles. The van der Waals surface area contributed by atoms with Gasteiger partial charge in [0.2, 0.25) is 5.88 Å². The highest BCUT2D eigenvalue weighted by Crippen LogP contribution is 2.40. The first-order chi connectivity index (χ1) is 15.9. The molecule has 5 aromatic rings. The maximum absolute atomic E-state index is 14.9. The molecule has 0 amide bonds. The van der Waals surface area contributed by atoms with Gasteiger partial charge in [-0.3, -0.25) is 4.79 Å². The molecular formula is C23H15ClFN3O5. The first-order valence-electron chi connectivity index (χ1n) is 9.72. The van der Waals surface area contributed by atoms with Crippen LogP contribution in [-0.4, -0.2) is 32.7 Å². The fraction of sp³-hybridized carbons (Fsp3) is 0.0870. The molecule has 0 atom stereocenters. The summed E-state index contributed by atoms with van der Waals surface area (Å²) < 4.78 is 27.1. The van der Waals surface area contributed by atoms with E-state index in [1.54, 1.807) is 12.1 Å². The Morgan fingerprint density at radius 2 is 2.18 bits per heavy atom. The molecule has 0 aliphatic rings. The van der Waals surface area contributed by atoms with Crippen molar-refractivity contribution in [3.8, 4) is 17.0 Å². The number of carboxylic acids is 1. The van der Waals surface area contributed by atoms with Crippen LogP contribution in [0.25, 0.3) is 33.0 Å². The summed E-state index contributed by atoms with van der Waals surface area (Å²) in [5, 5.41) is 11.0. The fourth-order valence-electron chi connectivity index (χ4n) is 4.03. The summed E-state index contributed by atoms with van der Waals surface area (Å²) in [6.07, 6.45) is 4.14. The maximum atomic E-state index is 14.9. The van der Waals surface area contributed by atoms with Crippen molar-refractivity contribution in [3.05, 3.63) is 81.4 Å². The Bertz CT molecular complexity index is 1620. The number of carbonyl (C=O) groups is 1. The molecule has 0 spiro atoms. The van der Waals surface area contributed by atoms with Crippen LogP contribution in [0.1, 0.15) is 16.1 Å². The number of hydrogen-bond acceptors (Lipinski definition) is 5. The third kappa shape index (κ3) is 3.25. The molecule has 0 saturated heterocycles. The number of hydrogen-bond donors (Lipinski definition) is 2. The van der Waals surface area contributed by atoms with E-state index < -0.39 is 17.3 Å². The van der Waals surface area contributed by atoms with Crippen molar-refractivity contribution in [2.24, 2.45) is 0 Å². The number of pyridine rings is 2. The van der Waals surface area contributed by atoms with Gasteiger partial charge in [0.05, 0.1) is 46.8 Å². The molecular weight excluding hydrogens is 453 g/mol. The second-order valence-electron chi connectivity index (χ2n) is 7.26. The number of aromatic carboxylic acids is 1. The molecule has 0 bridgehead atoms. The Morgan fingerprint density at radius 1 is 1.36 bits per heavy atom. The lowest BCUT2D eigenvalue weighted by Gasteiger charge is -2.11. The van der Waals surface area contributed by atoms with E-state index in [-0.39, 0.29) is 50.8 Å². The highest BCUT2D eigenvalue weighted by atomic mass is 35.5. The number of furan rings is 1. The molecule has 33 heavy (non-hydrogen) atoms. The standard InChI is InChI=1S/C23H15ClFN3O5/c1-32-17-7-11(14(24)9-27-17)10-28-16-8-15(25)12-4-6-33-21(12)19(16)18(20(28)23(30)31)13-3-2-5-26-22(13)29/h2-9H,10H2,1H3,(H,26,29)(H,30,31). The third-order valence-electron chi connectivity index (χ3n) is 5.45. The average molecular weight is 468 g/mol. The topological polar surface area (TPSA) is 110 Å². The molecule has 0 radical (unpaired) electrons. The molecule has 0 aliphatic heterocycles. The highest BCUT2D eigenvalue weighted by Gasteiger charge is 2.29. The van der Waals surface area contributed by atoms with Gasteiger partial charge in [-0.1, -0.05) is 11.6 Å². The van der Waals surface area contributed by atoms with Crippen LogP contribution in [0, 0.1) is 5.82 Å². The molecule has 1 aromatic carbocycles. The molecule has 5 rings (SSSR count). The minimum atomic E-state index is -1.30. The minimum absolute atomic E-state index is 0.0494. The highest BCUT2D eigenvalue weighted by molar-refractivity contribution is 6.31. The van der Waals surface area contributed by atoms with Crippen LogP contribution in [0.3, 0.4) is 0 Å². The number of nitrogens with zero attached hydrogens (tertiary/aromatic N) is 2. The monoisotopic (exact) mass is 467 g/mol. The Balaban J connectivity index is 1.93. The zero-order valence-corrected chi connectivity index (χ0v) is 17.8. The predicted octanol–water partition coefficient (Wildman–Crippen LogP) is 4.69. The number of halogens is 2. The quantitative estimate of drug-likeness (QED) is 0.388. The number of fused-ring (bicyclic) bond motifs is 3. The Kier molecular flexibility index (Phi) is 4.90. The Labute approximate surface area is 189 Å². The second kappa shape index (κ2) is 7.79. The van der Waals surface area contributed by atoms with Gasteiger partial charge in [0.15, 0.2) is 0 Å². The van der Waals surface area contributed by atoms with Crippen molar-refractivity contribution in [2.45, 2.75) is 6.54 Å². The predicted molar refractivity (Wildman–Crippen MR) is 120 cm³/mol. The third-order valence-corrected chi connectivity index (χ3v) is 5.79. The largest absolute Gasteiger partial charge is 0.481 e. The number of rotatable bonds is 5. The van der Waals surface area contributed by atoms with Crippen LogP contribution >= 0.6 is 11.6 Å². The van der Waals surface area contributed by atoms with Crippen molar-refractivity contribution >= 4 is 39.4 Å². The second-order valence-corrected chi connectivity index (χ2v) is 7.67. The summed E-state index contributed by atoms with van der Waals surface area (Å²) in [7, 11) is 1.44. The summed E-state index contributed by atoms with van der Waals surface area (Å²) in [6.45, 7) is -0.0494. The van der Waals surface area contributed by atoms with Crippen molar-refractivity contribution in [1.82, 2.24) is 14.5 Å². The van der Waals surface area contributed by atoms with E-state index in [1.165, 1.54) is 48.5 Å². The summed E-state index contributed by atoms with van der Waals surface area (Å²) >= 11 is 6.32. The number of carboxylic acid groups (broad SMARTS) is 1.